The Kier molecular flexibility index (Phi) is 9.92. The number of alkyl halides is 2. The number of hydrogen-bond acceptors (Lipinski definition) is 10. The third-order valence-electron chi connectivity index (χ3n) is 7.03. The number of nitrogens with zero attached hydrogens (tertiary/aromatic N) is 1. The lowest BCUT2D eigenvalue weighted by atomic mass is 9.83. The van der Waals surface area contributed by atoms with Gasteiger partial charge in [0.1, 0.15) is 41.3 Å². The molecule has 0 bridgehead atoms. The Hall–Kier alpha value is -1.15. The topological polar surface area (TPSA) is 146 Å². The molecular formula is C23H36ClFN2O8S. The van der Waals surface area contributed by atoms with E-state index in [4.69, 9.17) is 25.2 Å². The molecule has 4 unspecified atom stereocenters. The number of aryl methyl sites for hydroxylation is 1. The molecule has 36 heavy (non-hydrogen) atoms. The van der Waals surface area contributed by atoms with Crippen molar-refractivity contribution in [2.45, 2.75) is 106 Å². The average Bonchev–Trinajstić information content (AvgIpc) is 3.14. The SMILES string of the molecule is CCCC1(F)CCN(Cc2oc(=O)oc2C)C(C(=O)NC(C(C)Cl)[C@H]2O[C@H](SC)[C@H](O)[C@@H](O)[C@H]2O)C1. The maximum atomic E-state index is 15.6. The van der Waals surface area contributed by atoms with Gasteiger partial charge in [0.2, 0.25) is 5.91 Å². The summed E-state index contributed by atoms with van der Waals surface area (Å²) in [6.07, 6.45) is -2.74. The van der Waals surface area contributed by atoms with Gasteiger partial charge < -0.3 is 34.2 Å². The number of aliphatic hydroxyl groups is 3. The minimum Gasteiger partial charge on any atom is -0.396 e. The summed E-state index contributed by atoms with van der Waals surface area (Å²) < 4.78 is 31.5. The van der Waals surface area contributed by atoms with Crippen molar-refractivity contribution in [3.05, 3.63) is 22.1 Å². The van der Waals surface area contributed by atoms with E-state index in [0.29, 0.717) is 12.8 Å². The number of halogens is 2. The highest BCUT2D eigenvalue weighted by Gasteiger charge is 2.49. The van der Waals surface area contributed by atoms with Crippen LogP contribution >= 0.6 is 23.4 Å². The Morgan fingerprint density at radius 2 is 2.00 bits per heavy atom. The monoisotopic (exact) mass is 554 g/mol. The number of amides is 1. The van der Waals surface area contributed by atoms with Gasteiger partial charge in [0.05, 0.1) is 24.0 Å². The number of aliphatic hydroxyl groups excluding tert-OH is 3. The molecule has 3 heterocycles. The first kappa shape index (κ1) is 29.4. The van der Waals surface area contributed by atoms with E-state index in [-0.39, 0.29) is 37.5 Å². The van der Waals surface area contributed by atoms with E-state index in [9.17, 15) is 24.9 Å². The van der Waals surface area contributed by atoms with Crippen molar-refractivity contribution in [1.29, 1.82) is 0 Å². The third kappa shape index (κ3) is 6.46. The van der Waals surface area contributed by atoms with Crippen LogP contribution in [0.2, 0.25) is 0 Å². The molecule has 1 aromatic heterocycles. The number of thioether (sulfide) groups is 1. The van der Waals surface area contributed by atoms with Gasteiger partial charge in [0.15, 0.2) is 5.76 Å². The molecule has 0 radical (unpaired) electrons. The third-order valence-corrected chi connectivity index (χ3v) is 8.15. The molecule has 1 amide bonds. The Bertz CT molecular complexity index is 945. The van der Waals surface area contributed by atoms with Crippen molar-refractivity contribution in [2.24, 2.45) is 0 Å². The molecular weight excluding hydrogens is 519 g/mol. The van der Waals surface area contributed by atoms with Crippen LogP contribution in [-0.2, 0) is 16.1 Å². The average molecular weight is 555 g/mol. The molecule has 2 saturated heterocycles. The van der Waals surface area contributed by atoms with Crippen molar-refractivity contribution in [3.63, 3.8) is 0 Å². The van der Waals surface area contributed by atoms with Crippen LogP contribution < -0.4 is 11.1 Å². The zero-order valence-corrected chi connectivity index (χ0v) is 22.4. The smallest absolute Gasteiger partial charge is 0.396 e. The summed E-state index contributed by atoms with van der Waals surface area (Å²) in [6, 6.07) is -1.89. The van der Waals surface area contributed by atoms with E-state index < -0.39 is 64.7 Å². The molecule has 4 N–H and O–H groups in total. The van der Waals surface area contributed by atoms with E-state index >= 15 is 4.39 Å². The minimum absolute atomic E-state index is 0.0704. The minimum atomic E-state index is -1.55. The second-order valence-electron chi connectivity index (χ2n) is 9.66. The van der Waals surface area contributed by atoms with Gasteiger partial charge in [-0.1, -0.05) is 13.3 Å². The van der Waals surface area contributed by atoms with Crippen LogP contribution in [0, 0.1) is 6.92 Å². The number of piperidine rings is 1. The van der Waals surface area contributed by atoms with Gasteiger partial charge in [-0.2, -0.15) is 0 Å². The number of carbonyl (C=O) groups excluding carboxylic acids is 1. The molecule has 10 nitrogen and oxygen atoms in total. The molecule has 0 aromatic carbocycles. The predicted molar refractivity (Wildman–Crippen MR) is 132 cm³/mol. The van der Waals surface area contributed by atoms with E-state index in [1.165, 1.54) is 0 Å². The summed E-state index contributed by atoms with van der Waals surface area (Å²) in [5.41, 5.74) is -2.39. The van der Waals surface area contributed by atoms with Crippen LogP contribution in [0.25, 0.3) is 0 Å². The standard InChI is InChI=1S/C23H36ClFN2O8S/c1-5-6-23(25)7-8-27(10-14-12(3)33-22(32)34-14)13(9-23)20(31)26-15(11(2)24)19-17(29)16(28)18(30)21(35-19)36-4/h11,13,15-19,21,28-30H,5-10H2,1-4H3,(H,26,31)/t11?,13?,15?,16-,17+,18+,19+,21+,23?/m0/s1. The van der Waals surface area contributed by atoms with E-state index in [0.717, 1.165) is 11.8 Å². The fourth-order valence-corrected chi connectivity index (χ4v) is 5.87. The number of likely N-dealkylation sites (tertiary alicyclic amines) is 1. The fraction of sp³-hybridized carbons (Fsp3) is 0.826. The Morgan fingerprint density at radius 3 is 2.56 bits per heavy atom. The van der Waals surface area contributed by atoms with E-state index in [1.807, 2.05) is 6.92 Å². The van der Waals surface area contributed by atoms with Gasteiger partial charge in [-0.25, -0.2) is 9.18 Å². The zero-order valence-electron chi connectivity index (χ0n) is 20.9. The highest BCUT2D eigenvalue weighted by atomic mass is 35.5. The second kappa shape index (κ2) is 12.1. The van der Waals surface area contributed by atoms with Crippen LogP contribution in [0.5, 0.6) is 0 Å². The van der Waals surface area contributed by atoms with Crippen molar-refractivity contribution >= 4 is 29.3 Å². The van der Waals surface area contributed by atoms with Crippen LogP contribution in [0.1, 0.15) is 51.1 Å². The molecule has 1 aromatic rings. The number of carbonyl (C=O) groups is 1. The molecule has 3 rings (SSSR count). The van der Waals surface area contributed by atoms with Crippen molar-refractivity contribution in [3.8, 4) is 0 Å². The van der Waals surface area contributed by atoms with Crippen molar-refractivity contribution in [1.82, 2.24) is 10.2 Å². The van der Waals surface area contributed by atoms with Gasteiger partial charge in [0.25, 0.3) is 0 Å². The van der Waals surface area contributed by atoms with Crippen molar-refractivity contribution in [2.75, 3.05) is 12.8 Å². The Balaban J connectivity index is 1.85. The Labute approximate surface area is 218 Å². The second-order valence-corrected chi connectivity index (χ2v) is 11.3. The lowest BCUT2D eigenvalue weighted by Crippen LogP contribution is -2.66. The number of ether oxygens (including phenoxy) is 1. The highest BCUT2D eigenvalue weighted by molar-refractivity contribution is 7.99. The van der Waals surface area contributed by atoms with E-state index in [2.05, 4.69) is 5.32 Å². The van der Waals surface area contributed by atoms with Gasteiger partial charge in [0, 0.05) is 13.0 Å². The molecule has 9 atom stereocenters. The van der Waals surface area contributed by atoms with Gasteiger partial charge in [-0.05, 0) is 32.9 Å². The van der Waals surface area contributed by atoms with Gasteiger partial charge in [-0.15, -0.1) is 23.4 Å². The lowest BCUT2D eigenvalue weighted by molar-refractivity contribution is -0.205. The quantitative estimate of drug-likeness (QED) is 0.329. The van der Waals surface area contributed by atoms with Crippen LogP contribution in [0.4, 0.5) is 4.39 Å². The molecule has 2 fully saturated rings. The largest absolute Gasteiger partial charge is 0.519 e. The van der Waals surface area contributed by atoms with Crippen molar-refractivity contribution < 1.29 is 38.1 Å². The maximum Gasteiger partial charge on any atom is 0.519 e. The molecule has 2 aliphatic rings. The normalized spacial score (nSPS) is 35.4. The molecule has 0 saturated carbocycles. The highest BCUT2D eigenvalue weighted by Crippen LogP contribution is 2.36. The summed E-state index contributed by atoms with van der Waals surface area (Å²) in [5, 5.41) is 33.2. The van der Waals surface area contributed by atoms with Crippen LogP contribution in [0.3, 0.4) is 0 Å². The summed E-state index contributed by atoms with van der Waals surface area (Å²) in [6.45, 7) is 5.37. The molecule has 13 heteroatoms. The van der Waals surface area contributed by atoms with Crippen LogP contribution in [-0.4, -0.2) is 91.9 Å². The number of rotatable bonds is 9. The van der Waals surface area contributed by atoms with Gasteiger partial charge >= 0.3 is 5.82 Å². The lowest BCUT2D eigenvalue weighted by Gasteiger charge is -2.45. The summed E-state index contributed by atoms with van der Waals surface area (Å²) >= 11 is 7.54. The molecule has 0 spiro atoms. The molecule has 2 aliphatic heterocycles. The number of hydrogen-bond donors (Lipinski definition) is 4. The summed E-state index contributed by atoms with van der Waals surface area (Å²) in [7, 11) is 0. The molecule has 0 aliphatic carbocycles. The predicted octanol–water partition coefficient (Wildman–Crippen LogP) is 1.30. The zero-order chi connectivity index (χ0) is 26.8. The fourth-order valence-electron chi connectivity index (χ4n) is 4.99. The first-order valence-corrected chi connectivity index (χ1v) is 13.8. The van der Waals surface area contributed by atoms with Gasteiger partial charge in [-0.3, -0.25) is 9.69 Å². The number of nitrogens with one attached hydrogen (secondary N) is 1. The maximum absolute atomic E-state index is 15.6. The van der Waals surface area contributed by atoms with E-state index in [1.54, 1.807) is 25.0 Å². The molecule has 206 valence electrons. The van der Waals surface area contributed by atoms with Crippen LogP contribution in [0.15, 0.2) is 13.6 Å². The Morgan fingerprint density at radius 1 is 1.31 bits per heavy atom. The first-order chi connectivity index (χ1) is 16.9. The summed E-state index contributed by atoms with van der Waals surface area (Å²) in [5.74, 6) is -0.847. The first-order valence-electron chi connectivity index (χ1n) is 12.1. The summed E-state index contributed by atoms with van der Waals surface area (Å²) in [4.78, 5) is 26.8.